The third-order valence-corrected chi connectivity index (χ3v) is 14.5. The maximum absolute atomic E-state index is 2.56. The van der Waals surface area contributed by atoms with Crippen LogP contribution in [-0.4, -0.2) is 13.7 Å². The van der Waals surface area contributed by atoms with E-state index in [0.29, 0.717) is 0 Å². The Labute approximate surface area is 400 Å². The lowest BCUT2D eigenvalue weighted by molar-refractivity contribution is 0.648. The van der Waals surface area contributed by atoms with Crippen LogP contribution in [0, 0.1) is 0 Å². The van der Waals surface area contributed by atoms with Crippen molar-refractivity contribution in [1.29, 1.82) is 0 Å². The van der Waals surface area contributed by atoms with E-state index in [0.717, 1.165) is 17.8 Å². The maximum Gasteiger partial charge on any atom is 0.0560 e. The Bertz CT molecular complexity index is 3740. The molecular formula is C66H45N3. The summed E-state index contributed by atoms with van der Waals surface area (Å²) in [4.78, 5) is 0. The van der Waals surface area contributed by atoms with Gasteiger partial charge in [0.05, 0.1) is 28.1 Å². The molecule has 0 spiro atoms. The van der Waals surface area contributed by atoms with Gasteiger partial charge in [-0.3, -0.25) is 0 Å². The Morgan fingerprint density at radius 1 is 0.275 bits per heavy atom. The van der Waals surface area contributed by atoms with Crippen LogP contribution in [-0.2, 0) is 0 Å². The highest BCUT2D eigenvalue weighted by Crippen LogP contribution is 2.43. The summed E-state index contributed by atoms with van der Waals surface area (Å²) >= 11 is 0. The molecule has 0 saturated heterocycles. The second-order valence-corrected chi connectivity index (χ2v) is 18.5. The van der Waals surface area contributed by atoms with Gasteiger partial charge in [0.25, 0.3) is 0 Å². The predicted molar refractivity (Wildman–Crippen MR) is 292 cm³/mol. The van der Waals surface area contributed by atoms with Gasteiger partial charge in [-0.05, 0) is 136 Å². The lowest BCUT2D eigenvalue weighted by Crippen LogP contribution is -2.07. The van der Waals surface area contributed by atoms with Crippen LogP contribution in [0.1, 0.15) is 12.5 Å². The molecule has 324 valence electrons. The van der Waals surface area contributed by atoms with E-state index in [1.807, 2.05) is 0 Å². The monoisotopic (exact) mass is 879 g/mol. The van der Waals surface area contributed by atoms with Crippen molar-refractivity contribution in [2.45, 2.75) is 12.5 Å². The van der Waals surface area contributed by atoms with Crippen LogP contribution in [0.4, 0.5) is 0 Å². The molecule has 0 fully saturated rings. The van der Waals surface area contributed by atoms with Gasteiger partial charge in [-0.15, -0.1) is 0 Å². The van der Waals surface area contributed by atoms with Crippen molar-refractivity contribution in [3.63, 3.8) is 0 Å². The number of hydrogen-bond acceptors (Lipinski definition) is 0. The largest absolute Gasteiger partial charge is 0.333 e. The van der Waals surface area contributed by atoms with Crippen molar-refractivity contribution in [2.75, 3.05) is 0 Å². The van der Waals surface area contributed by atoms with Crippen LogP contribution >= 0.6 is 0 Å². The van der Waals surface area contributed by atoms with E-state index in [9.17, 15) is 0 Å². The average molecular weight is 880 g/mol. The normalized spacial score (nSPS) is 13.8. The number of hydrogen-bond donors (Lipinski definition) is 0. The molecule has 0 radical (unpaired) electrons. The average Bonchev–Trinajstić information content (AvgIpc) is 4.06. The van der Waals surface area contributed by atoms with E-state index in [2.05, 4.69) is 269 Å². The first-order valence-electron chi connectivity index (χ1n) is 24.0. The standard InChI is InChI=1S/C66H45N3/c1-6-16-44(17-7-1)48-26-32-61-55(38-48)56-39-49(45-18-8-2-9-19-45)27-33-62(56)68(61)53-30-36-65-59(42-53)60-43-54(31-37-66(60)67(65)52-24-14-5-15-25-52)69-63-34-28-50(46-20-10-3-11-21-46)40-57(63)58-41-51(29-35-64(58)69)47-22-12-4-13-23-47/h1-24,26-43,52H,25H2. The van der Waals surface area contributed by atoms with Gasteiger partial charge in [0.2, 0.25) is 0 Å². The Hall–Kier alpha value is -8.92. The number of fused-ring (bicyclic) bond motifs is 9. The number of nitrogens with zero attached hydrogens (tertiary/aromatic N) is 3. The molecule has 0 bridgehead atoms. The van der Waals surface area contributed by atoms with Gasteiger partial charge < -0.3 is 13.7 Å². The number of rotatable bonds is 7. The van der Waals surface area contributed by atoms with Crippen molar-refractivity contribution >= 4 is 65.4 Å². The zero-order valence-corrected chi connectivity index (χ0v) is 37.9. The van der Waals surface area contributed by atoms with Gasteiger partial charge >= 0.3 is 0 Å². The molecule has 3 heterocycles. The lowest BCUT2D eigenvalue weighted by Gasteiger charge is -2.19. The van der Waals surface area contributed by atoms with Crippen molar-refractivity contribution in [1.82, 2.24) is 13.7 Å². The Balaban J connectivity index is 1.00. The molecule has 10 aromatic carbocycles. The summed E-state index contributed by atoms with van der Waals surface area (Å²) in [7, 11) is 0. The molecule has 3 aromatic heterocycles. The number of allylic oxidation sites excluding steroid dienone is 4. The van der Waals surface area contributed by atoms with Gasteiger partial charge in [-0.25, -0.2) is 0 Å². The summed E-state index contributed by atoms with van der Waals surface area (Å²) in [6, 6.07) is 85.4. The van der Waals surface area contributed by atoms with Gasteiger partial charge in [0.1, 0.15) is 0 Å². The lowest BCUT2D eigenvalue weighted by atomic mass is 10.0. The van der Waals surface area contributed by atoms with Crippen molar-refractivity contribution in [2.24, 2.45) is 0 Å². The third-order valence-electron chi connectivity index (χ3n) is 14.5. The molecule has 3 nitrogen and oxygen atoms in total. The van der Waals surface area contributed by atoms with E-state index >= 15 is 0 Å². The SMILES string of the molecule is C1=CCC(n2c3ccc(-n4c5ccc(-c6ccccc6)cc5c5cc(-c6ccccc6)ccc54)cc3c3cc(-n4c5ccc(-c6ccccc6)cc5c5cc(-c6ccccc6)ccc54)ccc32)C=C1. The van der Waals surface area contributed by atoms with Crippen LogP contribution in [0.2, 0.25) is 0 Å². The fourth-order valence-electron chi connectivity index (χ4n) is 11.3. The molecule has 1 aliphatic carbocycles. The first-order chi connectivity index (χ1) is 34.2. The highest BCUT2D eigenvalue weighted by atomic mass is 15.0. The van der Waals surface area contributed by atoms with E-state index in [4.69, 9.17) is 0 Å². The van der Waals surface area contributed by atoms with E-state index in [1.54, 1.807) is 0 Å². The second-order valence-electron chi connectivity index (χ2n) is 18.5. The molecule has 3 heteroatoms. The summed E-state index contributed by atoms with van der Waals surface area (Å²) in [5.41, 5.74) is 19.2. The highest BCUT2D eigenvalue weighted by Gasteiger charge is 2.22. The molecule has 1 atom stereocenters. The Morgan fingerprint density at radius 3 is 0.913 bits per heavy atom. The minimum atomic E-state index is 0.203. The molecule has 0 amide bonds. The first kappa shape index (κ1) is 39.3. The fraction of sp³-hybridized carbons (Fsp3) is 0.0303. The summed E-state index contributed by atoms with van der Waals surface area (Å²) in [5, 5.41) is 7.44. The molecule has 1 unspecified atom stereocenters. The summed E-state index contributed by atoms with van der Waals surface area (Å²) in [5.74, 6) is 0. The number of aromatic nitrogens is 3. The summed E-state index contributed by atoms with van der Waals surface area (Å²) in [6.07, 6.45) is 9.96. The second kappa shape index (κ2) is 15.9. The van der Waals surface area contributed by atoms with Gasteiger partial charge in [-0.2, -0.15) is 0 Å². The highest BCUT2D eigenvalue weighted by molar-refractivity contribution is 6.15. The van der Waals surface area contributed by atoms with Gasteiger partial charge in [0.15, 0.2) is 0 Å². The minimum Gasteiger partial charge on any atom is -0.333 e. The van der Waals surface area contributed by atoms with Crippen molar-refractivity contribution in [3.05, 3.63) is 255 Å². The van der Waals surface area contributed by atoms with Crippen LogP contribution in [0.3, 0.4) is 0 Å². The van der Waals surface area contributed by atoms with Crippen LogP contribution in [0.15, 0.2) is 255 Å². The Morgan fingerprint density at radius 2 is 0.594 bits per heavy atom. The van der Waals surface area contributed by atoms with Gasteiger partial charge in [0, 0.05) is 54.7 Å². The molecule has 0 aliphatic heterocycles. The summed E-state index contributed by atoms with van der Waals surface area (Å²) in [6.45, 7) is 0. The van der Waals surface area contributed by atoms with Crippen LogP contribution in [0.5, 0.6) is 0 Å². The summed E-state index contributed by atoms with van der Waals surface area (Å²) < 4.78 is 7.52. The smallest absolute Gasteiger partial charge is 0.0560 e. The minimum absolute atomic E-state index is 0.203. The van der Waals surface area contributed by atoms with E-state index in [-0.39, 0.29) is 6.04 Å². The molecule has 13 aromatic rings. The molecule has 0 saturated carbocycles. The van der Waals surface area contributed by atoms with Gasteiger partial charge in [-0.1, -0.05) is 170 Å². The molecular weight excluding hydrogens is 835 g/mol. The quantitative estimate of drug-likeness (QED) is 0.152. The van der Waals surface area contributed by atoms with E-state index in [1.165, 1.54) is 110 Å². The zero-order chi connectivity index (χ0) is 45.4. The van der Waals surface area contributed by atoms with Crippen LogP contribution < -0.4 is 0 Å². The number of benzene rings is 10. The van der Waals surface area contributed by atoms with Crippen molar-refractivity contribution in [3.8, 4) is 55.9 Å². The molecule has 1 aliphatic rings. The molecule has 0 N–H and O–H groups in total. The molecule has 69 heavy (non-hydrogen) atoms. The maximum atomic E-state index is 2.56. The van der Waals surface area contributed by atoms with E-state index < -0.39 is 0 Å². The predicted octanol–water partition coefficient (Wildman–Crippen LogP) is 17.7. The topological polar surface area (TPSA) is 14.8 Å². The molecule has 14 rings (SSSR count). The van der Waals surface area contributed by atoms with Crippen LogP contribution in [0.25, 0.3) is 121 Å². The first-order valence-corrected chi connectivity index (χ1v) is 24.0. The third kappa shape index (κ3) is 6.43. The zero-order valence-electron chi connectivity index (χ0n) is 37.9. The van der Waals surface area contributed by atoms with Crippen molar-refractivity contribution < 1.29 is 0 Å². The Kier molecular flexibility index (Phi) is 9.03. The fourth-order valence-corrected chi connectivity index (χ4v) is 11.3.